The molecule has 2 aliphatic rings. The van der Waals surface area contributed by atoms with Crippen LogP contribution in [-0.2, 0) is 5.41 Å². The van der Waals surface area contributed by atoms with E-state index < -0.39 is 0 Å². The normalized spacial score (nSPS) is 20.6. The van der Waals surface area contributed by atoms with Crippen LogP contribution in [0.3, 0.4) is 0 Å². The zero-order valence-electron chi connectivity index (χ0n) is 12.2. The molecule has 0 saturated heterocycles. The van der Waals surface area contributed by atoms with Gasteiger partial charge in [0, 0.05) is 24.2 Å². The van der Waals surface area contributed by atoms with Crippen molar-refractivity contribution >= 4 is 5.69 Å². The van der Waals surface area contributed by atoms with E-state index in [-0.39, 0.29) is 0 Å². The van der Waals surface area contributed by atoms with Crippen molar-refractivity contribution in [2.75, 3.05) is 25.1 Å². The van der Waals surface area contributed by atoms with Gasteiger partial charge in [-0.15, -0.1) is 0 Å². The average Bonchev–Trinajstić information content (AvgIpc) is 2.74. The maximum atomic E-state index is 5.45. The van der Waals surface area contributed by atoms with Crippen molar-refractivity contribution in [1.29, 1.82) is 0 Å². The van der Waals surface area contributed by atoms with Gasteiger partial charge in [-0.25, -0.2) is 0 Å². The first-order valence-corrected chi connectivity index (χ1v) is 7.72. The van der Waals surface area contributed by atoms with Gasteiger partial charge < -0.3 is 9.64 Å². The molecule has 1 spiro atoms. The molecular formula is C17H25NO. The summed E-state index contributed by atoms with van der Waals surface area (Å²) in [4.78, 5) is 2.60. The second kappa shape index (κ2) is 5.07. The molecule has 0 aromatic heterocycles. The number of anilines is 1. The Bertz CT molecular complexity index is 449. The Morgan fingerprint density at radius 3 is 2.68 bits per heavy atom. The van der Waals surface area contributed by atoms with Gasteiger partial charge in [-0.1, -0.05) is 26.2 Å². The molecule has 0 unspecified atom stereocenters. The number of nitrogens with zero attached hydrogens (tertiary/aromatic N) is 1. The van der Waals surface area contributed by atoms with Gasteiger partial charge in [-0.2, -0.15) is 0 Å². The molecule has 2 nitrogen and oxygen atoms in total. The lowest BCUT2D eigenvalue weighted by atomic mass is 9.71. The molecule has 1 fully saturated rings. The highest BCUT2D eigenvalue weighted by molar-refractivity contribution is 5.64. The van der Waals surface area contributed by atoms with Crippen LogP contribution in [0.2, 0.25) is 0 Å². The first kappa shape index (κ1) is 12.8. The second-order valence-corrected chi connectivity index (χ2v) is 6.15. The Hall–Kier alpha value is -1.18. The highest BCUT2D eigenvalue weighted by Crippen LogP contribution is 2.50. The van der Waals surface area contributed by atoms with Crippen LogP contribution in [0.25, 0.3) is 0 Å². The summed E-state index contributed by atoms with van der Waals surface area (Å²) in [6, 6.07) is 6.69. The van der Waals surface area contributed by atoms with Gasteiger partial charge in [-0.3, -0.25) is 0 Å². The van der Waals surface area contributed by atoms with Crippen molar-refractivity contribution in [2.45, 2.75) is 50.9 Å². The second-order valence-electron chi connectivity index (χ2n) is 6.15. The van der Waals surface area contributed by atoms with E-state index in [1.807, 2.05) is 0 Å². The van der Waals surface area contributed by atoms with E-state index in [1.54, 1.807) is 12.7 Å². The molecule has 1 heterocycles. The summed E-state index contributed by atoms with van der Waals surface area (Å²) in [6.07, 6.45) is 8.12. The molecule has 1 aliphatic carbocycles. The van der Waals surface area contributed by atoms with Crippen LogP contribution >= 0.6 is 0 Å². The molecular weight excluding hydrogens is 234 g/mol. The van der Waals surface area contributed by atoms with Gasteiger partial charge in [0.25, 0.3) is 0 Å². The van der Waals surface area contributed by atoms with E-state index in [0.29, 0.717) is 5.41 Å². The standard InChI is InChI=1S/C17H25NO/c1-3-11-18-13-17(9-5-4-6-10-17)15-12-14(19-2)7-8-16(15)18/h7-8,12H,3-6,9-11,13H2,1-2H3. The number of ether oxygens (including phenoxy) is 1. The molecule has 0 bridgehead atoms. The van der Waals surface area contributed by atoms with Gasteiger partial charge in [0.1, 0.15) is 5.75 Å². The van der Waals surface area contributed by atoms with E-state index in [2.05, 4.69) is 30.0 Å². The Kier molecular flexibility index (Phi) is 3.42. The minimum atomic E-state index is 0.414. The maximum Gasteiger partial charge on any atom is 0.119 e. The topological polar surface area (TPSA) is 12.5 Å². The summed E-state index contributed by atoms with van der Waals surface area (Å²) in [5.74, 6) is 1.02. The Morgan fingerprint density at radius 1 is 1.21 bits per heavy atom. The van der Waals surface area contributed by atoms with E-state index in [0.717, 1.165) is 5.75 Å². The lowest BCUT2D eigenvalue weighted by molar-refractivity contribution is 0.309. The summed E-state index contributed by atoms with van der Waals surface area (Å²) >= 11 is 0. The minimum absolute atomic E-state index is 0.414. The lowest BCUT2D eigenvalue weighted by Crippen LogP contribution is -2.35. The van der Waals surface area contributed by atoms with Gasteiger partial charge in [-0.05, 0) is 43.0 Å². The molecule has 19 heavy (non-hydrogen) atoms. The Morgan fingerprint density at radius 2 is 2.00 bits per heavy atom. The smallest absolute Gasteiger partial charge is 0.119 e. The van der Waals surface area contributed by atoms with Crippen molar-refractivity contribution in [1.82, 2.24) is 0 Å². The largest absolute Gasteiger partial charge is 0.497 e. The fraction of sp³-hybridized carbons (Fsp3) is 0.647. The fourth-order valence-electron chi connectivity index (χ4n) is 4.00. The molecule has 1 aromatic carbocycles. The van der Waals surface area contributed by atoms with Crippen LogP contribution < -0.4 is 9.64 Å². The summed E-state index contributed by atoms with van der Waals surface area (Å²) in [7, 11) is 1.77. The molecule has 1 aliphatic heterocycles. The summed E-state index contributed by atoms with van der Waals surface area (Å²) in [6.45, 7) is 4.68. The Labute approximate surface area is 116 Å². The van der Waals surface area contributed by atoms with Crippen LogP contribution in [0.1, 0.15) is 51.0 Å². The minimum Gasteiger partial charge on any atom is -0.497 e. The third-order valence-corrected chi connectivity index (χ3v) is 4.91. The van der Waals surface area contributed by atoms with Crippen molar-refractivity contribution in [3.8, 4) is 5.75 Å². The van der Waals surface area contributed by atoms with Crippen LogP contribution in [0.5, 0.6) is 5.75 Å². The first-order valence-electron chi connectivity index (χ1n) is 7.72. The zero-order valence-corrected chi connectivity index (χ0v) is 12.2. The van der Waals surface area contributed by atoms with Crippen molar-refractivity contribution in [2.24, 2.45) is 0 Å². The monoisotopic (exact) mass is 259 g/mol. The predicted molar refractivity (Wildman–Crippen MR) is 80.3 cm³/mol. The summed E-state index contributed by atoms with van der Waals surface area (Å²) < 4.78 is 5.45. The van der Waals surface area contributed by atoms with Crippen LogP contribution in [0.15, 0.2) is 18.2 Å². The van der Waals surface area contributed by atoms with Crippen LogP contribution in [0, 0.1) is 0 Å². The highest BCUT2D eigenvalue weighted by atomic mass is 16.5. The summed E-state index contributed by atoms with van der Waals surface area (Å²) in [5, 5.41) is 0. The maximum absolute atomic E-state index is 5.45. The molecule has 1 aromatic rings. The predicted octanol–water partition coefficient (Wildman–Crippen LogP) is 4.13. The molecule has 0 atom stereocenters. The van der Waals surface area contributed by atoms with Crippen LogP contribution in [-0.4, -0.2) is 20.2 Å². The number of rotatable bonds is 3. The van der Waals surface area contributed by atoms with Crippen LogP contribution in [0.4, 0.5) is 5.69 Å². The fourth-order valence-corrected chi connectivity index (χ4v) is 4.00. The molecule has 104 valence electrons. The molecule has 1 saturated carbocycles. The summed E-state index contributed by atoms with van der Waals surface area (Å²) in [5.41, 5.74) is 3.43. The third-order valence-electron chi connectivity index (χ3n) is 4.91. The first-order chi connectivity index (χ1) is 9.29. The van der Waals surface area contributed by atoms with E-state index in [9.17, 15) is 0 Å². The number of methoxy groups -OCH3 is 1. The van der Waals surface area contributed by atoms with Crippen molar-refractivity contribution in [3.05, 3.63) is 23.8 Å². The third kappa shape index (κ3) is 2.11. The van der Waals surface area contributed by atoms with Gasteiger partial charge >= 0.3 is 0 Å². The van der Waals surface area contributed by atoms with Crippen molar-refractivity contribution < 1.29 is 4.74 Å². The molecule has 2 heteroatoms. The molecule has 0 amide bonds. The lowest BCUT2D eigenvalue weighted by Gasteiger charge is -2.34. The van der Waals surface area contributed by atoms with Crippen molar-refractivity contribution in [3.63, 3.8) is 0 Å². The van der Waals surface area contributed by atoms with Gasteiger partial charge in [0.2, 0.25) is 0 Å². The zero-order chi connectivity index (χ0) is 13.3. The van der Waals surface area contributed by atoms with E-state index >= 15 is 0 Å². The Balaban J connectivity index is 2.01. The quantitative estimate of drug-likeness (QED) is 0.809. The molecule has 0 N–H and O–H groups in total. The SMILES string of the molecule is CCCN1CC2(CCCCC2)c2cc(OC)ccc21. The van der Waals surface area contributed by atoms with E-state index in [4.69, 9.17) is 4.74 Å². The van der Waals surface area contributed by atoms with Gasteiger partial charge in [0.05, 0.1) is 7.11 Å². The number of hydrogen-bond donors (Lipinski definition) is 0. The number of fused-ring (bicyclic) bond motifs is 2. The van der Waals surface area contributed by atoms with Gasteiger partial charge in [0.15, 0.2) is 0 Å². The molecule has 0 radical (unpaired) electrons. The highest BCUT2D eigenvalue weighted by Gasteiger charge is 2.43. The number of benzene rings is 1. The average molecular weight is 259 g/mol. The number of hydrogen-bond acceptors (Lipinski definition) is 2. The molecule has 3 rings (SSSR count). The van der Waals surface area contributed by atoms with E-state index in [1.165, 1.54) is 57.3 Å².